The van der Waals surface area contributed by atoms with Crippen molar-refractivity contribution in [1.82, 2.24) is 4.90 Å². The van der Waals surface area contributed by atoms with Crippen molar-refractivity contribution in [2.75, 3.05) is 13.1 Å². The molecule has 0 aromatic carbocycles. The number of rotatable bonds is 1. The maximum atomic E-state index is 12.2. The van der Waals surface area contributed by atoms with Crippen molar-refractivity contribution in [3.05, 3.63) is 12.2 Å². The molecule has 3 atom stereocenters. The van der Waals surface area contributed by atoms with E-state index in [-0.39, 0.29) is 12.0 Å². The number of carbonyl (C=O) groups is 1. The molecule has 0 saturated carbocycles. The smallest absolute Gasteiger partial charge is 0.226 e. The lowest BCUT2D eigenvalue weighted by molar-refractivity contribution is -0.137. The van der Waals surface area contributed by atoms with E-state index in [4.69, 9.17) is 5.73 Å². The van der Waals surface area contributed by atoms with Crippen molar-refractivity contribution in [3.63, 3.8) is 0 Å². The second kappa shape index (κ2) is 5.00. The molecule has 1 saturated heterocycles. The molecule has 1 aliphatic carbocycles. The number of hydrogen-bond acceptors (Lipinski definition) is 2. The van der Waals surface area contributed by atoms with E-state index in [1.165, 1.54) is 0 Å². The minimum absolute atomic E-state index is 0.164. The van der Waals surface area contributed by atoms with Crippen LogP contribution in [0.25, 0.3) is 0 Å². The minimum atomic E-state index is 0.164. The highest BCUT2D eigenvalue weighted by atomic mass is 16.2. The molecular formula is C13H22N2O. The third-order valence-corrected chi connectivity index (χ3v) is 3.95. The number of nitrogens with zero attached hydrogens (tertiary/aromatic N) is 1. The van der Waals surface area contributed by atoms with Crippen LogP contribution in [0.15, 0.2) is 12.2 Å². The van der Waals surface area contributed by atoms with Gasteiger partial charge in [-0.05, 0) is 31.6 Å². The third-order valence-electron chi connectivity index (χ3n) is 3.95. The van der Waals surface area contributed by atoms with Gasteiger partial charge in [-0.15, -0.1) is 0 Å². The summed E-state index contributed by atoms with van der Waals surface area (Å²) < 4.78 is 0. The van der Waals surface area contributed by atoms with E-state index in [1.54, 1.807) is 0 Å². The van der Waals surface area contributed by atoms with E-state index in [9.17, 15) is 4.79 Å². The second-order valence-corrected chi connectivity index (χ2v) is 5.20. The second-order valence-electron chi connectivity index (χ2n) is 5.20. The standard InChI is InChI=1S/C13H22N2O/c1-10-7-8-15(9-12(10)14)13(16)11-5-3-2-4-6-11/h2-3,10-12H,4-9,14H2,1H3. The number of piperidine rings is 1. The van der Waals surface area contributed by atoms with Gasteiger partial charge >= 0.3 is 0 Å². The molecule has 1 fully saturated rings. The highest BCUT2D eigenvalue weighted by molar-refractivity contribution is 5.79. The van der Waals surface area contributed by atoms with E-state index in [2.05, 4.69) is 19.1 Å². The van der Waals surface area contributed by atoms with Crippen LogP contribution in [0.3, 0.4) is 0 Å². The van der Waals surface area contributed by atoms with Crippen molar-refractivity contribution in [2.45, 2.75) is 38.6 Å². The van der Waals surface area contributed by atoms with Crippen LogP contribution in [0.1, 0.15) is 32.6 Å². The number of nitrogens with two attached hydrogens (primary N) is 1. The van der Waals surface area contributed by atoms with Gasteiger partial charge in [0.2, 0.25) is 5.91 Å². The summed E-state index contributed by atoms with van der Waals surface area (Å²) in [6, 6.07) is 0.164. The van der Waals surface area contributed by atoms with Crippen molar-refractivity contribution >= 4 is 5.91 Å². The van der Waals surface area contributed by atoms with Gasteiger partial charge in [-0.25, -0.2) is 0 Å². The molecule has 0 spiro atoms. The molecule has 16 heavy (non-hydrogen) atoms. The predicted molar refractivity (Wildman–Crippen MR) is 64.8 cm³/mol. The molecule has 0 aromatic rings. The molecule has 2 aliphatic rings. The maximum absolute atomic E-state index is 12.2. The summed E-state index contributed by atoms with van der Waals surface area (Å²) >= 11 is 0. The molecule has 0 aromatic heterocycles. The van der Waals surface area contributed by atoms with Crippen LogP contribution in [0.4, 0.5) is 0 Å². The zero-order valence-corrected chi connectivity index (χ0v) is 10.1. The number of amides is 1. The Hall–Kier alpha value is -0.830. The first-order valence-corrected chi connectivity index (χ1v) is 6.38. The van der Waals surface area contributed by atoms with Crippen molar-refractivity contribution in [1.29, 1.82) is 0 Å². The topological polar surface area (TPSA) is 46.3 Å². The van der Waals surface area contributed by atoms with Gasteiger partial charge in [-0.1, -0.05) is 19.1 Å². The largest absolute Gasteiger partial charge is 0.341 e. The molecule has 1 heterocycles. The third kappa shape index (κ3) is 2.46. The van der Waals surface area contributed by atoms with E-state index in [0.29, 0.717) is 11.8 Å². The van der Waals surface area contributed by atoms with Gasteiger partial charge in [0.25, 0.3) is 0 Å². The Bertz CT molecular complexity index is 288. The van der Waals surface area contributed by atoms with E-state index >= 15 is 0 Å². The zero-order chi connectivity index (χ0) is 11.5. The first-order chi connectivity index (χ1) is 7.68. The van der Waals surface area contributed by atoms with Gasteiger partial charge < -0.3 is 10.6 Å². The fourth-order valence-corrected chi connectivity index (χ4v) is 2.58. The van der Waals surface area contributed by atoms with E-state index < -0.39 is 0 Å². The highest BCUT2D eigenvalue weighted by Gasteiger charge is 2.30. The number of hydrogen-bond donors (Lipinski definition) is 1. The SMILES string of the molecule is CC1CCN(C(=O)C2CC=CCC2)CC1N. The molecule has 3 nitrogen and oxygen atoms in total. The Morgan fingerprint density at radius 3 is 2.81 bits per heavy atom. The molecule has 3 heteroatoms. The van der Waals surface area contributed by atoms with Gasteiger partial charge in [-0.3, -0.25) is 4.79 Å². The quantitative estimate of drug-likeness (QED) is 0.684. The summed E-state index contributed by atoms with van der Waals surface area (Å²) in [5, 5.41) is 0. The molecule has 2 N–H and O–H groups in total. The van der Waals surface area contributed by atoms with Crippen molar-refractivity contribution in [3.8, 4) is 0 Å². The first-order valence-electron chi connectivity index (χ1n) is 6.38. The lowest BCUT2D eigenvalue weighted by Gasteiger charge is -2.37. The Balaban J connectivity index is 1.92. The van der Waals surface area contributed by atoms with E-state index in [1.807, 2.05) is 4.90 Å². The molecule has 2 rings (SSSR count). The number of likely N-dealkylation sites (tertiary alicyclic amines) is 1. The van der Waals surface area contributed by atoms with E-state index in [0.717, 1.165) is 38.8 Å². The zero-order valence-electron chi connectivity index (χ0n) is 10.1. The molecule has 0 bridgehead atoms. The summed E-state index contributed by atoms with van der Waals surface area (Å²) in [6.45, 7) is 3.82. The fraction of sp³-hybridized carbons (Fsp3) is 0.769. The van der Waals surface area contributed by atoms with Crippen LogP contribution in [-0.2, 0) is 4.79 Å². The Kier molecular flexibility index (Phi) is 3.64. The Morgan fingerprint density at radius 2 is 2.19 bits per heavy atom. The van der Waals surface area contributed by atoms with Crippen LogP contribution >= 0.6 is 0 Å². The van der Waals surface area contributed by atoms with Gasteiger partial charge in [0.15, 0.2) is 0 Å². The molecule has 90 valence electrons. The van der Waals surface area contributed by atoms with Crippen molar-refractivity contribution in [2.24, 2.45) is 17.6 Å². The fourth-order valence-electron chi connectivity index (χ4n) is 2.58. The first kappa shape index (κ1) is 11.6. The lowest BCUT2D eigenvalue weighted by Crippen LogP contribution is -2.51. The van der Waals surface area contributed by atoms with Crippen LogP contribution < -0.4 is 5.73 Å². The normalized spacial score (nSPS) is 35.1. The molecular weight excluding hydrogens is 200 g/mol. The summed E-state index contributed by atoms with van der Waals surface area (Å²) in [4.78, 5) is 14.2. The molecule has 0 radical (unpaired) electrons. The highest BCUT2D eigenvalue weighted by Crippen LogP contribution is 2.23. The van der Waals surface area contributed by atoms with Crippen molar-refractivity contribution < 1.29 is 4.79 Å². The molecule has 1 amide bonds. The van der Waals surface area contributed by atoms with Gasteiger partial charge in [0.05, 0.1) is 0 Å². The van der Waals surface area contributed by atoms with Crippen LogP contribution in [0.2, 0.25) is 0 Å². The summed E-state index contributed by atoms with van der Waals surface area (Å²) in [5.41, 5.74) is 6.03. The average molecular weight is 222 g/mol. The minimum Gasteiger partial charge on any atom is -0.341 e. The summed E-state index contributed by atoms with van der Waals surface area (Å²) in [7, 11) is 0. The lowest BCUT2D eigenvalue weighted by atomic mass is 9.90. The van der Waals surface area contributed by atoms with Gasteiger partial charge in [0, 0.05) is 25.0 Å². The predicted octanol–water partition coefficient (Wildman–Crippen LogP) is 1.54. The monoisotopic (exact) mass is 222 g/mol. The van der Waals surface area contributed by atoms with Crippen LogP contribution in [0, 0.1) is 11.8 Å². The maximum Gasteiger partial charge on any atom is 0.226 e. The van der Waals surface area contributed by atoms with Gasteiger partial charge in [-0.2, -0.15) is 0 Å². The Labute approximate surface area is 97.7 Å². The Morgan fingerprint density at radius 1 is 1.38 bits per heavy atom. The molecule has 1 aliphatic heterocycles. The van der Waals surface area contributed by atoms with Crippen LogP contribution in [-0.4, -0.2) is 29.9 Å². The molecule has 3 unspecified atom stereocenters. The summed E-state index contributed by atoms with van der Waals surface area (Å²) in [5.74, 6) is 1.09. The summed E-state index contributed by atoms with van der Waals surface area (Å²) in [6.07, 6.45) is 8.34. The number of carbonyl (C=O) groups excluding carboxylic acids is 1. The van der Waals surface area contributed by atoms with Crippen LogP contribution in [0.5, 0.6) is 0 Å². The van der Waals surface area contributed by atoms with Gasteiger partial charge in [0.1, 0.15) is 0 Å². The number of allylic oxidation sites excluding steroid dienone is 2. The average Bonchev–Trinajstić information content (AvgIpc) is 2.33.